The second kappa shape index (κ2) is 12.1. The van der Waals surface area contributed by atoms with Crippen molar-refractivity contribution in [1.82, 2.24) is 4.98 Å². The van der Waals surface area contributed by atoms with Crippen LogP contribution in [0, 0.1) is 0 Å². The summed E-state index contributed by atoms with van der Waals surface area (Å²) >= 11 is 0. The van der Waals surface area contributed by atoms with Crippen LogP contribution in [0.4, 0.5) is 17.1 Å². The molecule has 0 fully saturated rings. The molecule has 0 bridgehead atoms. The van der Waals surface area contributed by atoms with Crippen molar-refractivity contribution in [2.45, 2.75) is 0 Å². The van der Waals surface area contributed by atoms with Crippen molar-refractivity contribution in [3.05, 3.63) is 182 Å². The van der Waals surface area contributed by atoms with Gasteiger partial charge < -0.3 is 18.2 Å². The Bertz CT molecular complexity index is 3160. The van der Waals surface area contributed by atoms with E-state index in [4.69, 9.17) is 18.2 Å². The number of oxazole rings is 1. The van der Waals surface area contributed by atoms with Crippen molar-refractivity contribution in [3.8, 4) is 33.7 Å². The number of benzene rings is 8. The molecule has 0 aliphatic carbocycles. The van der Waals surface area contributed by atoms with Crippen LogP contribution in [0.25, 0.3) is 88.7 Å². The van der Waals surface area contributed by atoms with E-state index in [9.17, 15) is 0 Å². The van der Waals surface area contributed by atoms with Crippen molar-refractivity contribution in [2.75, 3.05) is 4.90 Å². The Balaban J connectivity index is 1.01. The number of fused-ring (bicyclic) bond motifs is 8. The first kappa shape index (κ1) is 30.3. The van der Waals surface area contributed by atoms with Gasteiger partial charge in [0, 0.05) is 44.7 Å². The molecular weight excluding hydrogens is 665 g/mol. The molecule has 3 heterocycles. The molecule has 0 aliphatic rings. The van der Waals surface area contributed by atoms with E-state index in [0.717, 1.165) is 99.9 Å². The number of para-hydroxylation sites is 2. The van der Waals surface area contributed by atoms with Gasteiger partial charge in [-0.15, -0.1) is 0 Å². The van der Waals surface area contributed by atoms with E-state index in [1.54, 1.807) is 0 Å². The Morgan fingerprint density at radius 1 is 0.370 bits per heavy atom. The van der Waals surface area contributed by atoms with Gasteiger partial charge in [-0.1, -0.05) is 103 Å². The van der Waals surface area contributed by atoms with Gasteiger partial charge in [0.1, 0.15) is 27.8 Å². The molecule has 0 radical (unpaired) electrons. The number of rotatable bonds is 6. The summed E-state index contributed by atoms with van der Waals surface area (Å²) in [4.78, 5) is 7.22. The summed E-state index contributed by atoms with van der Waals surface area (Å²) in [5, 5.41) is 4.18. The molecule has 5 nitrogen and oxygen atoms in total. The third kappa shape index (κ3) is 4.90. The summed E-state index contributed by atoms with van der Waals surface area (Å²) in [6.45, 7) is 0. The Hall–Kier alpha value is -7.37. The van der Waals surface area contributed by atoms with Gasteiger partial charge in [-0.05, 0) is 89.5 Å². The number of aromatic nitrogens is 1. The molecule has 0 saturated heterocycles. The van der Waals surface area contributed by atoms with Gasteiger partial charge in [0.2, 0.25) is 5.89 Å². The van der Waals surface area contributed by atoms with E-state index < -0.39 is 0 Å². The fourth-order valence-electron chi connectivity index (χ4n) is 7.75. The van der Waals surface area contributed by atoms with Gasteiger partial charge in [-0.25, -0.2) is 4.98 Å². The Morgan fingerprint density at radius 2 is 1.00 bits per heavy atom. The van der Waals surface area contributed by atoms with E-state index in [1.165, 1.54) is 0 Å². The maximum atomic E-state index is 6.43. The summed E-state index contributed by atoms with van der Waals surface area (Å²) in [7, 11) is 0. The molecule has 254 valence electrons. The van der Waals surface area contributed by atoms with Crippen molar-refractivity contribution in [1.29, 1.82) is 0 Å². The summed E-state index contributed by atoms with van der Waals surface area (Å²) in [6, 6.07) is 62.8. The summed E-state index contributed by atoms with van der Waals surface area (Å²) in [5.74, 6) is 0.599. The van der Waals surface area contributed by atoms with Crippen LogP contribution in [-0.2, 0) is 0 Å². The molecule has 54 heavy (non-hydrogen) atoms. The molecule has 11 aromatic rings. The average Bonchev–Trinajstić information content (AvgIpc) is 3.95. The average molecular weight is 695 g/mol. The molecule has 0 unspecified atom stereocenters. The van der Waals surface area contributed by atoms with Crippen molar-refractivity contribution in [3.63, 3.8) is 0 Å². The molecule has 0 atom stereocenters. The van der Waals surface area contributed by atoms with Gasteiger partial charge in [-0.3, -0.25) is 0 Å². The Labute approximate surface area is 309 Å². The van der Waals surface area contributed by atoms with Gasteiger partial charge in [-0.2, -0.15) is 0 Å². The molecular formula is C49H30N2O3. The van der Waals surface area contributed by atoms with Crippen molar-refractivity contribution in [2.24, 2.45) is 0 Å². The van der Waals surface area contributed by atoms with Crippen LogP contribution in [0.15, 0.2) is 195 Å². The molecule has 5 heteroatoms. The SMILES string of the molecule is c1ccc(-c2nc3c(ccc4oc5cc(-c6ccc(N(c7ccc8c(c7)oc7ccccc78)c7ccccc7-c7ccccc7)cc6)ccc5c43)o2)cc1. The lowest BCUT2D eigenvalue weighted by atomic mass is 10.0. The van der Waals surface area contributed by atoms with Gasteiger partial charge >= 0.3 is 0 Å². The first-order valence-corrected chi connectivity index (χ1v) is 18.0. The highest BCUT2D eigenvalue weighted by molar-refractivity contribution is 6.17. The zero-order chi connectivity index (χ0) is 35.6. The monoisotopic (exact) mass is 694 g/mol. The number of anilines is 3. The number of furan rings is 2. The first-order valence-electron chi connectivity index (χ1n) is 18.0. The zero-order valence-corrected chi connectivity index (χ0v) is 28.9. The standard InChI is InChI=1S/C49H30N2O3/c1-3-11-32(12-4-1)37-15-7-9-17-41(37)51(36-24-26-39-38-16-8-10-18-42(38)52-46(39)30-36)35-22-19-31(20-23-35)34-21-25-40-45(29-34)53-43-27-28-44-48(47(40)43)50-49(54-44)33-13-5-2-6-14-33/h1-30H. The maximum Gasteiger partial charge on any atom is 0.227 e. The minimum atomic E-state index is 0.599. The second-order valence-electron chi connectivity index (χ2n) is 13.5. The lowest BCUT2D eigenvalue weighted by molar-refractivity contribution is 0.619. The van der Waals surface area contributed by atoms with Crippen LogP contribution in [0.1, 0.15) is 0 Å². The fourth-order valence-corrected chi connectivity index (χ4v) is 7.75. The van der Waals surface area contributed by atoms with Crippen LogP contribution < -0.4 is 4.90 Å². The molecule has 3 aromatic heterocycles. The summed E-state index contributed by atoms with van der Waals surface area (Å²) in [6.07, 6.45) is 0. The summed E-state index contributed by atoms with van der Waals surface area (Å²) < 4.78 is 19.0. The third-order valence-corrected chi connectivity index (χ3v) is 10.3. The van der Waals surface area contributed by atoms with Crippen LogP contribution in [-0.4, -0.2) is 4.98 Å². The molecule has 8 aromatic carbocycles. The predicted octanol–water partition coefficient (Wildman–Crippen LogP) is 14.1. The van der Waals surface area contributed by atoms with E-state index >= 15 is 0 Å². The molecule has 0 aliphatic heterocycles. The topological polar surface area (TPSA) is 55.6 Å². The Morgan fingerprint density at radius 3 is 1.85 bits per heavy atom. The third-order valence-electron chi connectivity index (χ3n) is 10.3. The lowest BCUT2D eigenvalue weighted by Crippen LogP contribution is -2.11. The van der Waals surface area contributed by atoms with Crippen LogP contribution in [0.3, 0.4) is 0 Å². The molecule has 11 rings (SSSR count). The Kier molecular flexibility index (Phi) is 6.79. The van der Waals surface area contributed by atoms with E-state index in [2.05, 4.69) is 132 Å². The van der Waals surface area contributed by atoms with Crippen molar-refractivity contribution < 1.29 is 13.3 Å². The highest BCUT2D eigenvalue weighted by Gasteiger charge is 2.20. The second-order valence-corrected chi connectivity index (χ2v) is 13.5. The number of nitrogens with zero attached hydrogens (tertiary/aromatic N) is 2. The van der Waals surface area contributed by atoms with E-state index in [1.807, 2.05) is 54.6 Å². The van der Waals surface area contributed by atoms with Gasteiger partial charge in [0.15, 0.2) is 5.58 Å². The fraction of sp³-hybridized carbons (Fsp3) is 0. The first-order chi connectivity index (χ1) is 26.7. The summed E-state index contributed by atoms with van der Waals surface area (Å²) in [5.41, 5.74) is 13.4. The van der Waals surface area contributed by atoms with E-state index in [-0.39, 0.29) is 0 Å². The lowest BCUT2D eigenvalue weighted by Gasteiger charge is -2.28. The zero-order valence-electron chi connectivity index (χ0n) is 28.9. The minimum absolute atomic E-state index is 0.599. The van der Waals surface area contributed by atoms with Gasteiger partial charge in [0.05, 0.1) is 11.1 Å². The smallest absolute Gasteiger partial charge is 0.227 e. The van der Waals surface area contributed by atoms with Crippen LogP contribution in [0.2, 0.25) is 0 Å². The molecule has 0 amide bonds. The maximum absolute atomic E-state index is 6.43. The molecule has 0 N–H and O–H groups in total. The molecule has 0 saturated carbocycles. The number of hydrogen-bond acceptors (Lipinski definition) is 5. The quantitative estimate of drug-likeness (QED) is 0.173. The van der Waals surface area contributed by atoms with E-state index in [0.29, 0.717) is 5.89 Å². The largest absolute Gasteiger partial charge is 0.456 e. The normalized spacial score (nSPS) is 11.7. The highest BCUT2D eigenvalue weighted by atomic mass is 16.4. The van der Waals surface area contributed by atoms with Crippen molar-refractivity contribution >= 4 is 72.0 Å². The van der Waals surface area contributed by atoms with Crippen LogP contribution in [0.5, 0.6) is 0 Å². The minimum Gasteiger partial charge on any atom is -0.456 e. The predicted molar refractivity (Wildman–Crippen MR) is 220 cm³/mol. The number of hydrogen-bond donors (Lipinski definition) is 0. The van der Waals surface area contributed by atoms with Gasteiger partial charge in [0.25, 0.3) is 0 Å². The highest BCUT2D eigenvalue weighted by Crippen LogP contribution is 2.44. The van der Waals surface area contributed by atoms with Crippen LogP contribution >= 0.6 is 0 Å². The molecule has 0 spiro atoms.